The van der Waals surface area contributed by atoms with Crippen molar-refractivity contribution < 1.29 is 32.2 Å². The van der Waals surface area contributed by atoms with Crippen molar-refractivity contribution in [3.63, 3.8) is 0 Å². The summed E-state index contributed by atoms with van der Waals surface area (Å²) in [7, 11) is 0. The SMILES string of the molecule is CCC1(OC(=O)C(C)(C)CC(C)(CC)C(=O)OC(C)C(F)(F)F)CCCC1. The van der Waals surface area contributed by atoms with Gasteiger partial charge < -0.3 is 9.47 Å². The summed E-state index contributed by atoms with van der Waals surface area (Å²) in [4.78, 5) is 25.3. The van der Waals surface area contributed by atoms with Crippen molar-refractivity contribution in [3.8, 4) is 0 Å². The molecular formula is C20H33F3O4. The average Bonchev–Trinajstić information content (AvgIpc) is 3.02. The Labute approximate surface area is 160 Å². The summed E-state index contributed by atoms with van der Waals surface area (Å²) in [6.07, 6.45) is -2.10. The van der Waals surface area contributed by atoms with Crippen LogP contribution in [0.15, 0.2) is 0 Å². The Bertz CT molecular complexity index is 536. The molecule has 0 radical (unpaired) electrons. The van der Waals surface area contributed by atoms with Gasteiger partial charge in [0.2, 0.25) is 0 Å². The minimum absolute atomic E-state index is 0.0541. The van der Waals surface area contributed by atoms with Gasteiger partial charge >= 0.3 is 18.1 Å². The van der Waals surface area contributed by atoms with Crippen LogP contribution in [0.1, 0.15) is 86.5 Å². The van der Waals surface area contributed by atoms with Gasteiger partial charge in [-0.2, -0.15) is 13.2 Å². The van der Waals surface area contributed by atoms with Gasteiger partial charge in [0.15, 0.2) is 6.10 Å². The Balaban J connectivity index is 2.88. The highest BCUT2D eigenvalue weighted by Crippen LogP contribution is 2.42. The molecule has 158 valence electrons. The molecule has 0 aliphatic heterocycles. The van der Waals surface area contributed by atoms with E-state index in [1.54, 1.807) is 27.7 Å². The van der Waals surface area contributed by atoms with Gasteiger partial charge in [-0.15, -0.1) is 0 Å². The van der Waals surface area contributed by atoms with Crippen LogP contribution in [-0.2, 0) is 19.1 Å². The van der Waals surface area contributed by atoms with Crippen molar-refractivity contribution in [2.24, 2.45) is 10.8 Å². The summed E-state index contributed by atoms with van der Waals surface area (Å²) >= 11 is 0. The van der Waals surface area contributed by atoms with Crippen LogP contribution in [0.25, 0.3) is 0 Å². The Morgan fingerprint density at radius 3 is 1.96 bits per heavy atom. The zero-order valence-corrected chi connectivity index (χ0v) is 17.3. The van der Waals surface area contributed by atoms with Crippen LogP contribution in [0.2, 0.25) is 0 Å². The molecule has 0 saturated heterocycles. The lowest BCUT2D eigenvalue weighted by Gasteiger charge is -2.37. The standard InChI is InChI=1S/C20H33F3O4/c1-7-18(6,16(25)26-14(3)20(21,22)23)13-17(4,5)15(24)27-19(8-2)11-9-10-12-19/h14H,7-13H2,1-6H3. The van der Waals surface area contributed by atoms with Crippen molar-refractivity contribution in [1.82, 2.24) is 0 Å². The fourth-order valence-electron chi connectivity index (χ4n) is 3.64. The topological polar surface area (TPSA) is 52.6 Å². The van der Waals surface area contributed by atoms with Gasteiger partial charge in [0.05, 0.1) is 10.8 Å². The number of hydrogen-bond acceptors (Lipinski definition) is 4. The summed E-state index contributed by atoms with van der Waals surface area (Å²) < 4.78 is 48.7. The number of alkyl halides is 3. The molecular weight excluding hydrogens is 361 g/mol. The highest BCUT2D eigenvalue weighted by atomic mass is 19.4. The zero-order chi connectivity index (χ0) is 21.1. The first-order chi connectivity index (χ1) is 12.2. The largest absolute Gasteiger partial charge is 0.459 e. The van der Waals surface area contributed by atoms with E-state index in [-0.39, 0.29) is 12.8 Å². The van der Waals surface area contributed by atoms with Gasteiger partial charge in [0, 0.05) is 0 Å². The van der Waals surface area contributed by atoms with E-state index in [0.29, 0.717) is 0 Å². The minimum Gasteiger partial charge on any atom is -0.459 e. The van der Waals surface area contributed by atoms with Crippen molar-refractivity contribution in [1.29, 1.82) is 0 Å². The Morgan fingerprint density at radius 2 is 1.56 bits per heavy atom. The molecule has 4 nitrogen and oxygen atoms in total. The molecule has 1 fully saturated rings. The van der Waals surface area contributed by atoms with Crippen molar-refractivity contribution in [2.75, 3.05) is 0 Å². The van der Waals surface area contributed by atoms with Gasteiger partial charge in [-0.3, -0.25) is 9.59 Å². The van der Waals surface area contributed by atoms with Gasteiger partial charge in [-0.25, -0.2) is 0 Å². The zero-order valence-electron chi connectivity index (χ0n) is 17.3. The first-order valence-electron chi connectivity index (χ1n) is 9.72. The Kier molecular flexibility index (Phi) is 7.39. The molecule has 1 saturated carbocycles. The number of carbonyl (C=O) groups is 2. The third-order valence-electron chi connectivity index (χ3n) is 5.87. The summed E-state index contributed by atoms with van der Waals surface area (Å²) in [5.74, 6) is -1.36. The van der Waals surface area contributed by atoms with Crippen LogP contribution in [-0.4, -0.2) is 29.8 Å². The number of hydrogen-bond donors (Lipinski definition) is 0. The molecule has 0 bridgehead atoms. The first-order valence-corrected chi connectivity index (χ1v) is 9.72. The van der Waals surface area contributed by atoms with Crippen LogP contribution in [0.5, 0.6) is 0 Å². The molecule has 0 aromatic rings. The smallest absolute Gasteiger partial charge is 0.425 e. The summed E-state index contributed by atoms with van der Waals surface area (Å²) in [5.41, 5.74) is -2.69. The van der Waals surface area contributed by atoms with Crippen LogP contribution in [0.3, 0.4) is 0 Å². The lowest BCUT2D eigenvalue weighted by Crippen LogP contribution is -2.43. The molecule has 27 heavy (non-hydrogen) atoms. The van der Waals surface area contributed by atoms with Gasteiger partial charge in [-0.1, -0.05) is 13.8 Å². The molecule has 1 rings (SSSR count). The quantitative estimate of drug-likeness (QED) is 0.504. The van der Waals surface area contributed by atoms with Crippen LogP contribution in [0, 0.1) is 10.8 Å². The van der Waals surface area contributed by atoms with E-state index in [9.17, 15) is 22.8 Å². The number of rotatable bonds is 8. The Morgan fingerprint density at radius 1 is 1.04 bits per heavy atom. The van der Waals surface area contributed by atoms with Crippen LogP contribution >= 0.6 is 0 Å². The molecule has 0 heterocycles. The fourth-order valence-corrected chi connectivity index (χ4v) is 3.64. The van der Waals surface area contributed by atoms with E-state index in [0.717, 1.165) is 39.0 Å². The van der Waals surface area contributed by atoms with Crippen molar-refractivity contribution in [2.45, 2.75) is 104 Å². The van der Waals surface area contributed by atoms with E-state index in [2.05, 4.69) is 4.74 Å². The second-order valence-electron chi connectivity index (χ2n) is 8.70. The summed E-state index contributed by atoms with van der Waals surface area (Å²) in [6.45, 7) is 9.37. The predicted molar refractivity (Wildman–Crippen MR) is 96.0 cm³/mol. The normalized spacial score (nSPS) is 20.6. The Hall–Kier alpha value is -1.27. The van der Waals surface area contributed by atoms with E-state index in [4.69, 9.17) is 4.74 Å². The molecule has 0 aromatic carbocycles. The average molecular weight is 394 g/mol. The molecule has 0 amide bonds. The fraction of sp³-hybridized carbons (Fsp3) is 0.900. The maximum atomic E-state index is 12.8. The maximum Gasteiger partial charge on any atom is 0.425 e. The highest BCUT2D eigenvalue weighted by Gasteiger charge is 2.48. The third kappa shape index (κ3) is 5.85. The lowest BCUT2D eigenvalue weighted by atomic mass is 9.72. The van der Waals surface area contributed by atoms with E-state index in [1.807, 2.05) is 6.92 Å². The van der Waals surface area contributed by atoms with Crippen LogP contribution in [0.4, 0.5) is 13.2 Å². The van der Waals surface area contributed by atoms with E-state index < -0.39 is 40.6 Å². The van der Waals surface area contributed by atoms with E-state index in [1.165, 1.54) is 0 Å². The predicted octanol–water partition coefficient (Wildman–Crippen LogP) is 5.58. The molecule has 1 aliphatic carbocycles. The highest BCUT2D eigenvalue weighted by molar-refractivity contribution is 5.80. The van der Waals surface area contributed by atoms with Crippen LogP contribution < -0.4 is 0 Å². The molecule has 0 spiro atoms. The third-order valence-corrected chi connectivity index (χ3v) is 5.87. The first kappa shape index (κ1) is 23.8. The number of ether oxygens (including phenoxy) is 2. The second kappa shape index (κ2) is 8.39. The summed E-state index contributed by atoms with van der Waals surface area (Å²) in [6, 6.07) is 0. The van der Waals surface area contributed by atoms with Gasteiger partial charge in [-0.05, 0) is 72.6 Å². The number of halogens is 3. The van der Waals surface area contributed by atoms with Gasteiger partial charge in [0.25, 0.3) is 0 Å². The summed E-state index contributed by atoms with van der Waals surface area (Å²) in [5, 5.41) is 0. The lowest BCUT2D eigenvalue weighted by molar-refractivity contribution is -0.222. The number of carbonyl (C=O) groups excluding carboxylic acids is 2. The molecule has 0 N–H and O–H groups in total. The minimum atomic E-state index is -4.62. The molecule has 1 aliphatic rings. The van der Waals surface area contributed by atoms with Crippen molar-refractivity contribution >= 4 is 11.9 Å². The molecule has 0 aromatic heterocycles. The monoisotopic (exact) mass is 394 g/mol. The molecule has 7 heteroatoms. The maximum absolute atomic E-state index is 12.8. The van der Waals surface area contributed by atoms with E-state index >= 15 is 0 Å². The molecule has 2 unspecified atom stereocenters. The molecule has 2 atom stereocenters. The second-order valence-corrected chi connectivity index (χ2v) is 8.70. The van der Waals surface area contributed by atoms with Crippen molar-refractivity contribution in [3.05, 3.63) is 0 Å². The number of esters is 2. The van der Waals surface area contributed by atoms with Gasteiger partial charge in [0.1, 0.15) is 5.60 Å².